The van der Waals surface area contributed by atoms with Crippen molar-refractivity contribution in [1.82, 2.24) is 10.2 Å². The number of nitrogens with one attached hydrogen (secondary N) is 2. The number of aromatic nitrogens is 2. The van der Waals surface area contributed by atoms with Crippen LogP contribution in [0.2, 0.25) is 0 Å². The van der Waals surface area contributed by atoms with Crippen molar-refractivity contribution in [2.24, 2.45) is 0 Å². The van der Waals surface area contributed by atoms with Gasteiger partial charge in [0.1, 0.15) is 5.39 Å². The summed E-state index contributed by atoms with van der Waals surface area (Å²) < 4.78 is 0. The van der Waals surface area contributed by atoms with Gasteiger partial charge in [0.25, 0.3) is 5.69 Å². The number of non-ortho nitro benzene ring substituents is 1. The minimum atomic E-state index is -0.418. The molecule has 14 heavy (non-hydrogen) atoms. The molecule has 0 fully saturated rings. The summed E-state index contributed by atoms with van der Waals surface area (Å²) in [6.07, 6.45) is 0. The van der Waals surface area contributed by atoms with Gasteiger partial charge in [0.2, 0.25) is 0 Å². The van der Waals surface area contributed by atoms with Crippen LogP contribution in [0.5, 0.6) is 0 Å². The van der Waals surface area contributed by atoms with Gasteiger partial charge in [-0.05, 0) is 6.07 Å². The van der Waals surface area contributed by atoms with Crippen molar-refractivity contribution in [3.8, 4) is 0 Å². The fourth-order valence-corrected chi connectivity index (χ4v) is 1.39. The van der Waals surface area contributed by atoms with E-state index in [2.05, 4.69) is 15.5 Å². The fraction of sp³-hybridized carbons (Fsp3) is 0.125. The highest BCUT2D eigenvalue weighted by molar-refractivity contribution is 5.97. The van der Waals surface area contributed by atoms with Gasteiger partial charge in [-0.25, -0.2) is 0 Å². The highest BCUT2D eigenvalue weighted by Gasteiger charge is 2.16. The Bertz CT molecular complexity index is 491. The van der Waals surface area contributed by atoms with Gasteiger partial charge in [-0.3, -0.25) is 15.2 Å². The van der Waals surface area contributed by atoms with Crippen molar-refractivity contribution in [3.05, 3.63) is 28.3 Å². The Hall–Kier alpha value is -2.11. The average molecular weight is 192 g/mol. The number of nitrogens with zero attached hydrogens (tertiary/aromatic N) is 2. The van der Waals surface area contributed by atoms with Crippen molar-refractivity contribution >= 4 is 22.4 Å². The SMILES string of the molecule is CNc1n[nH]c2cccc([N+](=O)[O-])c12. The van der Waals surface area contributed by atoms with Crippen LogP contribution in [0.4, 0.5) is 11.5 Å². The summed E-state index contributed by atoms with van der Waals surface area (Å²) in [4.78, 5) is 10.3. The zero-order valence-corrected chi connectivity index (χ0v) is 7.44. The number of nitro groups is 1. The Morgan fingerprint density at radius 3 is 3.00 bits per heavy atom. The molecule has 6 heteroatoms. The van der Waals surface area contributed by atoms with E-state index in [1.165, 1.54) is 6.07 Å². The maximum Gasteiger partial charge on any atom is 0.282 e. The molecule has 0 saturated carbocycles. The average Bonchev–Trinajstić information content (AvgIpc) is 2.59. The third kappa shape index (κ3) is 1.08. The molecule has 0 aliphatic rings. The molecule has 0 spiro atoms. The number of benzene rings is 1. The van der Waals surface area contributed by atoms with Crippen LogP contribution in [0.1, 0.15) is 0 Å². The van der Waals surface area contributed by atoms with Crippen LogP contribution in [0.15, 0.2) is 18.2 Å². The summed E-state index contributed by atoms with van der Waals surface area (Å²) in [5.41, 5.74) is 0.712. The second-order valence-electron chi connectivity index (χ2n) is 2.78. The van der Waals surface area contributed by atoms with Gasteiger partial charge >= 0.3 is 0 Å². The topological polar surface area (TPSA) is 83.8 Å². The molecule has 0 unspecified atom stereocenters. The van der Waals surface area contributed by atoms with E-state index in [1.54, 1.807) is 19.2 Å². The van der Waals surface area contributed by atoms with E-state index >= 15 is 0 Å². The van der Waals surface area contributed by atoms with Crippen LogP contribution in [0.3, 0.4) is 0 Å². The van der Waals surface area contributed by atoms with E-state index in [0.29, 0.717) is 16.7 Å². The maximum absolute atomic E-state index is 10.7. The van der Waals surface area contributed by atoms with Crippen LogP contribution >= 0.6 is 0 Å². The molecule has 6 nitrogen and oxygen atoms in total. The Morgan fingerprint density at radius 2 is 2.36 bits per heavy atom. The third-order valence-electron chi connectivity index (χ3n) is 2.00. The first-order chi connectivity index (χ1) is 6.74. The number of hydrogen-bond acceptors (Lipinski definition) is 4. The molecule has 0 atom stereocenters. The predicted octanol–water partition coefficient (Wildman–Crippen LogP) is 1.51. The smallest absolute Gasteiger partial charge is 0.282 e. The molecular weight excluding hydrogens is 184 g/mol. The number of anilines is 1. The lowest BCUT2D eigenvalue weighted by Gasteiger charge is -1.95. The summed E-state index contributed by atoms with van der Waals surface area (Å²) in [6.45, 7) is 0. The zero-order valence-electron chi connectivity index (χ0n) is 7.44. The van der Waals surface area contributed by atoms with Crippen LogP contribution < -0.4 is 5.32 Å². The van der Waals surface area contributed by atoms with E-state index in [0.717, 1.165) is 0 Å². The van der Waals surface area contributed by atoms with E-state index in [-0.39, 0.29) is 5.69 Å². The minimum Gasteiger partial charge on any atom is -0.371 e. The Morgan fingerprint density at radius 1 is 1.57 bits per heavy atom. The van der Waals surface area contributed by atoms with Gasteiger partial charge in [0.15, 0.2) is 5.82 Å². The molecule has 2 rings (SSSR count). The first-order valence-electron chi connectivity index (χ1n) is 4.03. The second-order valence-corrected chi connectivity index (χ2v) is 2.78. The fourth-order valence-electron chi connectivity index (χ4n) is 1.39. The molecule has 1 aromatic carbocycles. The molecule has 0 amide bonds. The molecule has 0 radical (unpaired) electrons. The van der Waals surface area contributed by atoms with E-state index in [9.17, 15) is 10.1 Å². The summed E-state index contributed by atoms with van der Waals surface area (Å²) >= 11 is 0. The van der Waals surface area contributed by atoms with E-state index in [4.69, 9.17) is 0 Å². The van der Waals surface area contributed by atoms with Gasteiger partial charge in [-0.15, -0.1) is 0 Å². The highest BCUT2D eigenvalue weighted by Crippen LogP contribution is 2.29. The lowest BCUT2D eigenvalue weighted by molar-refractivity contribution is -0.383. The lowest BCUT2D eigenvalue weighted by atomic mass is 10.2. The number of rotatable bonds is 2. The minimum absolute atomic E-state index is 0.0561. The highest BCUT2D eigenvalue weighted by atomic mass is 16.6. The number of aromatic amines is 1. The summed E-state index contributed by atoms with van der Waals surface area (Å²) in [7, 11) is 1.67. The Labute approximate surface area is 79.1 Å². The first-order valence-corrected chi connectivity index (χ1v) is 4.03. The monoisotopic (exact) mass is 192 g/mol. The van der Waals surface area contributed by atoms with Gasteiger partial charge in [-0.1, -0.05) is 6.07 Å². The normalized spacial score (nSPS) is 10.4. The summed E-state index contributed by atoms with van der Waals surface area (Å²) in [5, 5.41) is 20.7. The molecule has 0 aliphatic carbocycles. The van der Waals surface area contributed by atoms with Gasteiger partial charge in [0.05, 0.1) is 10.4 Å². The van der Waals surface area contributed by atoms with Gasteiger partial charge < -0.3 is 5.32 Å². The van der Waals surface area contributed by atoms with Crippen molar-refractivity contribution in [2.45, 2.75) is 0 Å². The third-order valence-corrected chi connectivity index (χ3v) is 2.00. The molecule has 0 bridgehead atoms. The van der Waals surface area contributed by atoms with Crippen molar-refractivity contribution < 1.29 is 4.92 Å². The van der Waals surface area contributed by atoms with Crippen molar-refractivity contribution in [3.63, 3.8) is 0 Å². The molecule has 0 aliphatic heterocycles. The second kappa shape index (κ2) is 2.99. The van der Waals surface area contributed by atoms with E-state index in [1.807, 2.05) is 0 Å². The van der Waals surface area contributed by atoms with Crippen LogP contribution in [-0.4, -0.2) is 22.2 Å². The van der Waals surface area contributed by atoms with Gasteiger partial charge in [-0.2, -0.15) is 5.10 Å². The molecule has 2 aromatic rings. The van der Waals surface area contributed by atoms with Crippen LogP contribution in [-0.2, 0) is 0 Å². The zero-order chi connectivity index (χ0) is 10.1. The molecule has 1 aromatic heterocycles. The molecule has 1 heterocycles. The molecule has 0 saturated heterocycles. The number of H-pyrrole nitrogens is 1. The van der Waals surface area contributed by atoms with Crippen LogP contribution in [0, 0.1) is 10.1 Å². The Kier molecular flexibility index (Phi) is 1.81. The van der Waals surface area contributed by atoms with Crippen molar-refractivity contribution in [1.29, 1.82) is 0 Å². The van der Waals surface area contributed by atoms with E-state index < -0.39 is 4.92 Å². The molecule has 2 N–H and O–H groups in total. The lowest BCUT2D eigenvalue weighted by Crippen LogP contribution is -1.92. The summed E-state index contributed by atoms with van der Waals surface area (Å²) in [6, 6.07) is 4.83. The van der Waals surface area contributed by atoms with Gasteiger partial charge in [0, 0.05) is 13.1 Å². The maximum atomic E-state index is 10.7. The first kappa shape index (κ1) is 8.49. The van der Waals surface area contributed by atoms with Crippen molar-refractivity contribution in [2.75, 3.05) is 12.4 Å². The molecular formula is C8H8N4O2. The van der Waals surface area contributed by atoms with Crippen LogP contribution in [0.25, 0.3) is 10.9 Å². The number of nitro benzene ring substituents is 1. The quantitative estimate of drug-likeness (QED) is 0.558. The molecule has 72 valence electrons. The Balaban J connectivity index is 2.81. The number of hydrogen-bond donors (Lipinski definition) is 2. The summed E-state index contributed by atoms with van der Waals surface area (Å²) in [5.74, 6) is 0.493. The largest absolute Gasteiger partial charge is 0.371 e. The standard InChI is InChI=1S/C8H8N4O2/c1-9-8-7-5(10-11-8)3-2-4-6(7)12(13)14/h2-4H,1H3,(H2,9,10,11). The number of fused-ring (bicyclic) bond motifs is 1. The predicted molar refractivity (Wildman–Crippen MR) is 52.3 cm³/mol.